The lowest BCUT2D eigenvalue weighted by atomic mass is 10.2. The maximum Gasteiger partial charge on any atom is 0.354 e. The van der Waals surface area contributed by atoms with Crippen LogP contribution in [-0.4, -0.2) is 22.0 Å². The van der Waals surface area contributed by atoms with Gasteiger partial charge in [0.1, 0.15) is 5.69 Å². The Kier molecular flexibility index (Phi) is 4.84. The summed E-state index contributed by atoms with van der Waals surface area (Å²) in [5.74, 6) is -1.43. The average molecular weight is 347 g/mol. The summed E-state index contributed by atoms with van der Waals surface area (Å²) in [6, 6.07) is 10.3. The number of aromatic nitrogens is 1. The number of hydrogen-bond donors (Lipinski definition) is 2. The largest absolute Gasteiger partial charge is 0.477 e. The Bertz CT molecular complexity index is 679. The highest BCUT2D eigenvalue weighted by Gasteiger charge is 2.04. The molecule has 2 N–H and O–H groups in total. The minimum absolute atomic E-state index is 0.0709. The third-order valence-electron chi connectivity index (χ3n) is 2.55. The average Bonchev–Trinajstić information content (AvgIpc) is 2.47. The quantitative estimate of drug-likeness (QED) is 0.833. The molecule has 0 saturated heterocycles. The van der Waals surface area contributed by atoms with E-state index in [-0.39, 0.29) is 11.6 Å². The molecule has 0 radical (unpaired) electrons. The minimum Gasteiger partial charge on any atom is -0.477 e. The number of halogens is 1. The lowest BCUT2D eigenvalue weighted by Crippen LogP contribution is -2.09. The second kappa shape index (κ2) is 6.81. The van der Waals surface area contributed by atoms with Gasteiger partial charge < -0.3 is 10.4 Å². The Morgan fingerprint density at radius 1 is 1.14 bits per heavy atom. The molecule has 106 valence electrons. The first-order chi connectivity index (χ1) is 10.0. The third-order valence-corrected chi connectivity index (χ3v) is 3.08. The Balaban J connectivity index is 1.98. The van der Waals surface area contributed by atoms with E-state index in [9.17, 15) is 9.59 Å². The van der Waals surface area contributed by atoms with E-state index >= 15 is 0 Å². The van der Waals surface area contributed by atoms with Gasteiger partial charge in [-0.15, -0.1) is 0 Å². The van der Waals surface area contributed by atoms with Gasteiger partial charge in [-0.1, -0.05) is 28.1 Å². The van der Waals surface area contributed by atoms with E-state index in [1.54, 1.807) is 6.08 Å². The van der Waals surface area contributed by atoms with Crippen molar-refractivity contribution in [1.29, 1.82) is 0 Å². The number of amides is 1. The number of aromatic carboxylic acids is 1. The molecule has 1 heterocycles. The molecule has 0 fully saturated rings. The second-order valence-electron chi connectivity index (χ2n) is 4.11. The van der Waals surface area contributed by atoms with E-state index < -0.39 is 5.97 Å². The number of anilines is 1. The highest BCUT2D eigenvalue weighted by Crippen LogP contribution is 2.12. The summed E-state index contributed by atoms with van der Waals surface area (Å²) in [7, 11) is 0. The molecular formula is C15H11BrN2O3. The Morgan fingerprint density at radius 2 is 1.86 bits per heavy atom. The van der Waals surface area contributed by atoms with Crippen LogP contribution >= 0.6 is 15.9 Å². The van der Waals surface area contributed by atoms with Crippen LogP contribution in [0.4, 0.5) is 5.69 Å². The molecule has 0 aliphatic heterocycles. The second-order valence-corrected chi connectivity index (χ2v) is 5.03. The smallest absolute Gasteiger partial charge is 0.354 e. The molecule has 5 nitrogen and oxygen atoms in total. The molecule has 0 bridgehead atoms. The van der Waals surface area contributed by atoms with Crippen LogP contribution in [0.15, 0.2) is 53.1 Å². The highest BCUT2D eigenvalue weighted by atomic mass is 79.9. The number of carbonyl (C=O) groups is 2. The van der Waals surface area contributed by atoms with Gasteiger partial charge in [-0.3, -0.25) is 4.79 Å². The number of benzene rings is 1. The summed E-state index contributed by atoms with van der Waals surface area (Å²) in [4.78, 5) is 26.1. The number of carboxylic acid groups (broad SMARTS) is 1. The van der Waals surface area contributed by atoms with E-state index in [4.69, 9.17) is 5.11 Å². The fraction of sp³-hybridized carbons (Fsp3) is 0. The number of pyridine rings is 1. The fourth-order valence-corrected chi connectivity index (χ4v) is 1.79. The minimum atomic E-state index is -1.11. The number of carbonyl (C=O) groups excluding carboxylic acids is 1. The van der Waals surface area contributed by atoms with Crippen molar-refractivity contribution < 1.29 is 14.7 Å². The zero-order chi connectivity index (χ0) is 15.2. The normalized spacial score (nSPS) is 10.5. The summed E-state index contributed by atoms with van der Waals surface area (Å²) in [5, 5.41) is 11.3. The summed E-state index contributed by atoms with van der Waals surface area (Å²) >= 11 is 3.33. The van der Waals surface area contributed by atoms with Crippen molar-refractivity contribution in [1.82, 2.24) is 4.98 Å². The van der Waals surface area contributed by atoms with E-state index in [1.165, 1.54) is 24.4 Å². The first kappa shape index (κ1) is 14.9. The zero-order valence-electron chi connectivity index (χ0n) is 10.8. The molecule has 0 aliphatic carbocycles. The van der Waals surface area contributed by atoms with Crippen LogP contribution in [0.1, 0.15) is 16.1 Å². The maximum atomic E-state index is 11.7. The van der Waals surface area contributed by atoms with Crippen LogP contribution < -0.4 is 5.32 Å². The Morgan fingerprint density at radius 3 is 2.43 bits per heavy atom. The number of nitrogens with zero attached hydrogens (tertiary/aromatic N) is 1. The van der Waals surface area contributed by atoms with E-state index in [0.717, 1.165) is 10.0 Å². The molecule has 6 heteroatoms. The van der Waals surface area contributed by atoms with Crippen LogP contribution in [-0.2, 0) is 4.79 Å². The van der Waals surface area contributed by atoms with Gasteiger partial charge in [0, 0.05) is 10.5 Å². The number of carboxylic acids is 1. The van der Waals surface area contributed by atoms with Gasteiger partial charge in [-0.25, -0.2) is 9.78 Å². The van der Waals surface area contributed by atoms with E-state index in [2.05, 4.69) is 26.2 Å². The number of rotatable bonds is 4. The van der Waals surface area contributed by atoms with Gasteiger partial charge in [0.2, 0.25) is 5.91 Å². The monoisotopic (exact) mass is 346 g/mol. The Hall–Kier alpha value is -2.47. The molecule has 2 aromatic rings. The van der Waals surface area contributed by atoms with Crippen LogP contribution in [0.2, 0.25) is 0 Å². The van der Waals surface area contributed by atoms with Crippen LogP contribution in [0.3, 0.4) is 0 Å². The van der Waals surface area contributed by atoms with Gasteiger partial charge in [0.25, 0.3) is 0 Å². The van der Waals surface area contributed by atoms with E-state index in [0.29, 0.717) is 5.69 Å². The van der Waals surface area contributed by atoms with Gasteiger partial charge in [0.15, 0.2) is 0 Å². The van der Waals surface area contributed by atoms with Crippen molar-refractivity contribution in [2.24, 2.45) is 0 Å². The van der Waals surface area contributed by atoms with Gasteiger partial charge in [0.05, 0.1) is 11.9 Å². The molecule has 0 spiro atoms. The summed E-state index contributed by atoms with van der Waals surface area (Å²) < 4.78 is 0.966. The van der Waals surface area contributed by atoms with Gasteiger partial charge in [-0.2, -0.15) is 0 Å². The lowest BCUT2D eigenvalue weighted by molar-refractivity contribution is -0.111. The number of nitrogens with one attached hydrogen (secondary N) is 1. The third kappa shape index (κ3) is 4.54. The molecule has 1 aromatic carbocycles. The van der Waals surface area contributed by atoms with Crippen molar-refractivity contribution >= 4 is 39.6 Å². The molecule has 0 saturated carbocycles. The van der Waals surface area contributed by atoms with Crippen LogP contribution in [0, 0.1) is 0 Å². The molecule has 0 unspecified atom stereocenters. The maximum absolute atomic E-state index is 11.7. The van der Waals surface area contributed by atoms with E-state index in [1.807, 2.05) is 24.3 Å². The SMILES string of the molecule is O=C(/C=C/c1ccc(Br)cc1)Nc1ccc(C(=O)O)nc1. The topological polar surface area (TPSA) is 79.3 Å². The van der Waals surface area contributed by atoms with Crippen molar-refractivity contribution in [2.45, 2.75) is 0 Å². The standard InChI is InChI=1S/C15H11BrN2O3/c16-11-4-1-10(2-5-11)3-8-14(19)18-12-6-7-13(15(20)21)17-9-12/h1-9H,(H,18,19)(H,20,21)/b8-3+. The van der Waals surface area contributed by atoms with Gasteiger partial charge in [-0.05, 0) is 35.9 Å². The van der Waals surface area contributed by atoms with Crippen LogP contribution in [0.25, 0.3) is 6.08 Å². The van der Waals surface area contributed by atoms with Crippen molar-refractivity contribution in [2.75, 3.05) is 5.32 Å². The lowest BCUT2D eigenvalue weighted by Gasteiger charge is -2.01. The van der Waals surface area contributed by atoms with Crippen molar-refractivity contribution in [3.05, 3.63) is 64.4 Å². The molecule has 2 rings (SSSR count). The molecule has 21 heavy (non-hydrogen) atoms. The summed E-state index contributed by atoms with van der Waals surface area (Å²) in [6.45, 7) is 0. The summed E-state index contributed by atoms with van der Waals surface area (Å²) in [6.07, 6.45) is 4.38. The highest BCUT2D eigenvalue weighted by molar-refractivity contribution is 9.10. The zero-order valence-corrected chi connectivity index (χ0v) is 12.4. The first-order valence-electron chi connectivity index (χ1n) is 5.98. The molecule has 1 aromatic heterocycles. The predicted octanol–water partition coefficient (Wildman–Crippen LogP) is 3.19. The Labute approximate surface area is 129 Å². The van der Waals surface area contributed by atoms with Crippen molar-refractivity contribution in [3.63, 3.8) is 0 Å². The van der Waals surface area contributed by atoms with Gasteiger partial charge >= 0.3 is 5.97 Å². The fourth-order valence-electron chi connectivity index (χ4n) is 1.52. The predicted molar refractivity (Wildman–Crippen MR) is 83.0 cm³/mol. The molecular weight excluding hydrogens is 336 g/mol. The molecule has 0 aliphatic rings. The van der Waals surface area contributed by atoms with Crippen LogP contribution in [0.5, 0.6) is 0 Å². The molecule has 1 amide bonds. The summed E-state index contributed by atoms with van der Waals surface area (Å²) in [5.41, 5.74) is 1.26. The number of hydrogen-bond acceptors (Lipinski definition) is 3. The van der Waals surface area contributed by atoms with Crippen molar-refractivity contribution in [3.8, 4) is 0 Å². The first-order valence-corrected chi connectivity index (χ1v) is 6.78. The molecule has 0 atom stereocenters.